The van der Waals surface area contributed by atoms with Crippen LogP contribution in [0.15, 0.2) is 0 Å². The van der Waals surface area contributed by atoms with Crippen LogP contribution in [-0.2, 0) is 0 Å². The van der Waals surface area contributed by atoms with E-state index in [4.69, 9.17) is 0 Å². The Kier molecular flexibility index (Phi) is 3.55. The van der Waals surface area contributed by atoms with Crippen molar-refractivity contribution in [3.8, 4) is 0 Å². The highest BCUT2D eigenvalue weighted by atomic mass is 14.9. The summed E-state index contributed by atoms with van der Waals surface area (Å²) in [5.41, 5.74) is 9.43. The molecule has 1 fully saturated rings. The van der Waals surface area contributed by atoms with Gasteiger partial charge >= 0.3 is 0 Å². The molecule has 2 unspecified atom stereocenters. The predicted octanol–water partition coefficient (Wildman–Crippen LogP) is 4.54. The topological polar surface area (TPSA) is 12.0 Å². The number of hydrogen-bond acceptors (Lipinski definition) is 1. The smallest absolute Gasteiger partial charge is 0.0356 e. The van der Waals surface area contributed by atoms with Crippen LogP contribution in [0.3, 0.4) is 0 Å². The summed E-state index contributed by atoms with van der Waals surface area (Å²) in [6.07, 6.45) is 1.34. The molecule has 1 aromatic carbocycles. The van der Waals surface area contributed by atoms with Crippen LogP contribution >= 0.6 is 0 Å². The van der Waals surface area contributed by atoms with Crippen molar-refractivity contribution in [3.63, 3.8) is 0 Å². The van der Waals surface area contributed by atoms with Gasteiger partial charge in [0.25, 0.3) is 0 Å². The fourth-order valence-electron chi connectivity index (χ4n) is 3.62. The molecule has 1 nitrogen and oxygen atoms in total. The molecule has 1 aromatic rings. The molecule has 0 amide bonds. The molecule has 2 atom stereocenters. The molecule has 1 aliphatic carbocycles. The molecule has 0 heterocycles. The van der Waals surface area contributed by atoms with Gasteiger partial charge < -0.3 is 5.32 Å². The quantitative estimate of drug-likeness (QED) is 0.840. The van der Waals surface area contributed by atoms with E-state index in [-0.39, 0.29) is 0 Å². The molecule has 1 heteroatoms. The van der Waals surface area contributed by atoms with Gasteiger partial charge in [-0.2, -0.15) is 0 Å². The fourth-order valence-corrected chi connectivity index (χ4v) is 3.62. The van der Waals surface area contributed by atoms with Crippen molar-refractivity contribution in [1.29, 1.82) is 0 Å². The van der Waals surface area contributed by atoms with Gasteiger partial charge in [-0.05, 0) is 92.8 Å². The second-order valence-electron chi connectivity index (χ2n) is 7.10. The third kappa shape index (κ3) is 2.23. The lowest BCUT2D eigenvalue weighted by Gasteiger charge is -2.26. The van der Waals surface area contributed by atoms with E-state index in [1.807, 2.05) is 0 Å². The van der Waals surface area contributed by atoms with Crippen molar-refractivity contribution in [2.45, 2.75) is 60.9 Å². The van der Waals surface area contributed by atoms with E-state index in [2.05, 4.69) is 60.8 Å². The average Bonchev–Trinajstić information content (AvgIpc) is 2.98. The first-order valence-electron chi connectivity index (χ1n) is 7.46. The number of nitrogens with one attached hydrogen (secondary N) is 1. The predicted molar refractivity (Wildman–Crippen MR) is 83.8 cm³/mol. The molecular formula is C18H29N. The number of rotatable bonds is 3. The minimum absolute atomic E-state index is 0.499. The van der Waals surface area contributed by atoms with Gasteiger partial charge in [-0.25, -0.2) is 0 Å². The number of benzene rings is 1. The van der Waals surface area contributed by atoms with Gasteiger partial charge in [0.05, 0.1) is 0 Å². The maximum Gasteiger partial charge on any atom is 0.0356 e. The van der Waals surface area contributed by atoms with Crippen LogP contribution in [-0.4, -0.2) is 7.05 Å². The molecule has 1 N–H and O–H groups in total. The Balaban J connectivity index is 2.56. The highest BCUT2D eigenvalue weighted by Gasteiger charge is 2.50. The third-order valence-electron chi connectivity index (χ3n) is 5.67. The molecule has 0 radical (unpaired) electrons. The van der Waals surface area contributed by atoms with Gasteiger partial charge in [-0.3, -0.25) is 0 Å². The largest absolute Gasteiger partial charge is 0.313 e. The first-order chi connectivity index (χ1) is 8.72. The Morgan fingerprint density at radius 1 is 0.895 bits per heavy atom. The lowest BCUT2D eigenvalue weighted by atomic mass is 9.84. The Morgan fingerprint density at radius 2 is 1.26 bits per heavy atom. The zero-order valence-electron chi connectivity index (χ0n) is 13.9. The van der Waals surface area contributed by atoms with Gasteiger partial charge in [0.1, 0.15) is 0 Å². The molecule has 2 rings (SSSR count). The van der Waals surface area contributed by atoms with E-state index in [0.717, 1.165) is 5.92 Å². The molecular weight excluding hydrogens is 230 g/mol. The zero-order valence-corrected chi connectivity index (χ0v) is 13.9. The third-order valence-corrected chi connectivity index (χ3v) is 5.67. The van der Waals surface area contributed by atoms with Crippen LogP contribution in [0.1, 0.15) is 59.7 Å². The normalized spacial score (nSPS) is 22.4. The Bertz CT molecular complexity index is 482. The van der Waals surface area contributed by atoms with E-state index in [0.29, 0.717) is 11.5 Å². The van der Waals surface area contributed by atoms with Crippen LogP contribution in [0.2, 0.25) is 0 Å². The molecule has 0 aromatic heterocycles. The zero-order chi connectivity index (χ0) is 14.5. The van der Waals surface area contributed by atoms with E-state index in [1.165, 1.54) is 34.2 Å². The van der Waals surface area contributed by atoms with Crippen molar-refractivity contribution in [2.75, 3.05) is 7.05 Å². The number of hydrogen-bond donors (Lipinski definition) is 1. The van der Waals surface area contributed by atoms with Crippen LogP contribution in [0.4, 0.5) is 0 Å². The van der Waals surface area contributed by atoms with E-state index < -0.39 is 0 Å². The molecule has 1 aliphatic rings. The fraction of sp³-hybridized carbons (Fsp3) is 0.667. The van der Waals surface area contributed by atoms with Gasteiger partial charge in [-0.1, -0.05) is 13.8 Å². The minimum atomic E-state index is 0.499. The summed E-state index contributed by atoms with van der Waals surface area (Å²) >= 11 is 0. The second kappa shape index (κ2) is 4.63. The van der Waals surface area contributed by atoms with Gasteiger partial charge in [0.2, 0.25) is 0 Å². The summed E-state index contributed by atoms with van der Waals surface area (Å²) < 4.78 is 0. The molecule has 0 saturated heterocycles. The lowest BCUT2D eigenvalue weighted by molar-refractivity contribution is 0.437. The molecule has 1 saturated carbocycles. The average molecular weight is 259 g/mol. The standard InChI is InChI=1S/C18H29N/c1-10-11(2)13(4)16(14(5)12(10)3)17(19-8)15-9-18(15,6)7/h15,17,19H,9H2,1-8H3. The van der Waals surface area contributed by atoms with Crippen molar-refractivity contribution in [1.82, 2.24) is 5.32 Å². The molecule has 19 heavy (non-hydrogen) atoms. The summed E-state index contributed by atoms with van der Waals surface area (Å²) in [4.78, 5) is 0. The highest BCUT2D eigenvalue weighted by molar-refractivity contribution is 5.51. The van der Waals surface area contributed by atoms with E-state index in [1.54, 1.807) is 5.56 Å². The van der Waals surface area contributed by atoms with Crippen molar-refractivity contribution >= 4 is 0 Å². The first-order valence-corrected chi connectivity index (χ1v) is 7.46. The van der Waals surface area contributed by atoms with Crippen LogP contribution < -0.4 is 5.32 Å². The van der Waals surface area contributed by atoms with Gasteiger partial charge in [0, 0.05) is 6.04 Å². The molecule has 0 bridgehead atoms. The van der Waals surface area contributed by atoms with Gasteiger partial charge in [0.15, 0.2) is 0 Å². The van der Waals surface area contributed by atoms with Crippen molar-refractivity contribution in [2.24, 2.45) is 11.3 Å². The lowest BCUT2D eigenvalue weighted by Crippen LogP contribution is -2.23. The molecule has 0 aliphatic heterocycles. The Hall–Kier alpha value is -0.820. The van der Waals surface area contributed by atoms with Crippen molar-refractivity contribution in [3.05, 3.63) is 33.4 Å². The summed E-state index contributed by atoms with van der Waals surface area (Å²) in [5, 5.41) is 3.59. The summed E-state index contributed by atoms with van der Waals surface area (Å²) in [5.74, 6) is 0.774. The SMILES string of the molecule is CNC(c1c(C)c(C)c(C)c(C)c1C)C1CC1(C)C. The van der Waals surface area contributed by atoms with E-state index >= 15 is 0 Å². The minimum Gasteiger partial charge on any atom is -0.313 e. The van der Waals surface area contributed by atoms with E-state index in [9.17, 15) is 0 Å². The Morgan fingerprint density at radius 3 is 1.58 bits per heavy atom. The van der Waals surface area contributed by atoms with Crippen LogP contribution in [0.25, 0.3) is 0 Å². The maximum atomic E-state index is 3.59. The van der Waals surface area contributed by atoms with Crippen LogP contribution in [0, 0.1) is 46.0 Å². The second-order valence-corrected chi connectivity index (χ2v) is 7.10. The van der Waals surface area contributed by atoms with Crippen molar-refractivity contribution < 1.29 is 0 Å². The first kappa shape index (κ1) is 14.6. The van der Waals surface area contributed by atoms with Gasteiger partial charge in [-0.15, -0.1) is 0 Å². The summed E-state index contributed by atoms with van der Waals surface area (Å²) in [6.45, 7) is 16.2. The Labute approximate surface area is 118 Å². The summed E-state index contributed by atoms with van der Waals surface area (Å²) in [6, 6.07) is 0.507. The highest BCUT2D eigenvalue weighted by Crippen LogP contribution is 2.58. The molecule has 106 valence electrons. The maximum absolute atomic E-state index is 3.59. The monoisotopic (exact) mass is 259 g/mol. The summed E-state index contributed by atoms with van der Waals surface area (Å²) in [7, 11) is 2.11. The van der Waals surface area contributed by atoms with Crippen LogP contribution in [0.5, 0.6) is 0 Å². The molecule has 0 spiro atoms.